The Kier molecular flexibility index (Phi) is 7.95. The molecule has 2 atom stereocenters. The summed E-state index contributed by atoms with van der Waals surface area (Å²) in [6.07, 6.45) is -3.24. The van der Waals surface area contributed by atoms with Gasteiger partial charge in [0.05, 0.1) is 18.2 Å². The number of aliphatic imine (C=N–C) groups is 1. The van der Waals surface area contributed by atoms with E-state index in [1.807, 2.05) is 0 Å². The summed E-state index contributed by atoms with van der Waals surface area (Å²) in [5, 5.41) is 2.81. The Morgan fingerprint density at radius 2 is 1.97 bits per heavy atom. The second kappa shape index (κ2) is 10.6. The van der Waals surface area contributed by atoms with Gasteiger partial charge < -0.3 is 16.0 Å². The van der Waals surface area contributed by atoms with E-state index in [2.05, 4.69) is 15.3 Å². The summed E-state index contributed by atoms with van der Waals surface area (Å²) in [4.78, 5) is 21.8. The zero-order valence-corrected chi connectivity index (χ0v) is 19.5. The number of alkyl halides is 5. The van der Waals surface area contributed by atoms with Crippen molar-refractivity contribution in [2.24, 2.45) is 16.6 Å². The highest BCUT2D eigenvalue weighted by atomic mass is 19.4. The molecule has 1 unspecified atom stereocenters. The lowest BCUT2D eigenvalue weighted by Crippen LogP contribution is -2.58. The predicted molar refractivity (Wildman–Crippen MR) is 124 cm³/mol. The van der Waals surface area contributed by atoms with Gasteiger partial charge in [-0.25, -0.2) is 18.2 Å². The molecule has 0 saturated carbocycles. The van der Waals surface area contributed by atoms with E-state index < -0.39 is 60.0 Å². The molecule has 0 bridgehead atoms. The summed E-state index contributed by atoms with van der Waals surface area (Å²) >= 11 is 0. The van der Waals surface area contributed by atoms with Gasteiger partial charge in [0.2, 0.25) is 0 Å². The first-order chi connectivity index (χ1) is 16.8. The largest absolute Gasteiger partial charge is 0.417 e. The van der Waals surface area contributed by atoms with Gasteiger partial charge in [0.1, 0.15) is 17.3 Å². The van der Waals surface area contributed by atoms with Crippen molar-refractivity contribution in [2.45, 2.75) is 31.5 Å². The van der Waals surface area contributed by atoms with Crippen molar-refractivity contribution in [1.82, 2.24) is 9.88 Å². The third kappa shape index (κ3) is 6.16. The lowest BCUT2D eigenvalue weighted by atomic mass is 9.88. The van der Waals surface area contributed by atoms with Crippen LogP contribution in [-0.4, -0.2) is 54.1 Å². The number of nitrogens with two attached hydrogens (primary N) is 1. The van der Waals surface area contributed by atoms with Crippen molar-refractivity contribution in [3.63, 3.8) is 0 Å². The molecule has 1 aromatic carbocycles. The molecule has 1 aliphatic rings. The normalized spacial score (nSPS) is 20.8. The van der Waals surface area contributed by atoms with Gasteiger partial charge >= 0.3 is 6.18 Å². The van der Waals surface area contributed by atoms with E-state index in [1.54, 1.807) is 0 Å². The van der Waals surface area contributed by atoms with Gasteiger partial charge in [-0.1, -0.05) is 25.1 Å². The van der Waals surface area contributed by atoms with Crippen LogP contribution in [0.5, 0.6) is 0 Å². The number of carbonyl (C=O) groups excluding carboxylic acids is 1. The summed E-state index contributed by atoms with van der Waals surface area (Å²) in [6, 6.07) is 6.66. The maximum absolute atomic E-state index is 14.5. The van der Waals surface area contributed by atoms with Gasteiger partial charge in [-0.15, -0.1) is 0 Å². The summed E-state index contributed by atoms with van der Waals surface area (Å²) in [6.45, 7) is 0.522. The number of nitrogens with one attached hydrogen (secondary N) is 1. The number of anilines is 1. The van der Waals surface area contributed by atoms with Crippen LogP contribution in [0.15, 0.2) is 53.3 Å². The molecule has 1 aromatic heterocycles. The number of amides is 1. The number of carbonyl (C=O) groups is 1. The number of aromatic nitrogens is 1. The lowest BCUT2D eigenvalue weighted by molar-refractivity contribution is -0.148. The van der Waals surface area contributed by atoms with Gasteiger partial charge in [-0.3, -0.25) is 9.79 Å². The minimum Gasteiger partial charge on any atom is -0.394 e. The highest BCUT2D eigenvalue weighted by Crippen LogP contribution is 2.35. The molecule has 1 amide bonds. The zero-order chi connectivity index (χ0) is 26.7. The Labute approximate surface area is 203 Å². The molecule has 12 heteroatoms. The molecule has 0 aliphatic carbocycles. The van der Waals surface area contributed by atoms with Crippen LogP contribution in [0, 0.1) is 11.7 Å². The Balaban J connectivity index is 1.91. The SMILES string of the molecule is CN=CC(=C(N)C(=O)N1CC(F)(F)C[C@@H](C)C1CNc1ccc(C(F)(F)F)cn1)c1ccccc1F. The minimum atomic E-state index is -4.56. The predicted octanol–water partition coefficient (Wildman–Crippen LogP) is 4.59. The van der Waals surface area contributed by atoms with Gasteiger partial charge in [-0.05, 0) is 24.1 Å². The van der Waals surface area contributed by atoms with E-state index >= 15 is 0 Å². The molecule has 0 radical (unpaired) electrons. The van der Waals surface area contributed by atoms with Crippen LogP contribution < -0.4 is 11.1 Å². The molecular formula is C24H25F6N5O. The van der Waals surface area contributed by atoms with Gasteiger partial charge in [0.25, 0.3) is 11.8 Å². The molecule has 6 nitrogen and oxygen atoms in total. The van der Waals surface area contributed by atoms with Crippen LogP contribution in [0.4, 0.5) is 32.2 Å². The summed E-state index contributed by atoms with van der Waals surface area (Å²) < 4.78 is 81.7. The fourth-order valence-electron chi connectivity index (χ4n) is 4.12. The van der Waals surface area contributed by atoms with E-state index in [0.29, 0.717) is 6.20 Å². The number of rotatable bonds is 6. The second-order valence-corrected chi connectivity index (χ2v) is 8.54. The first-order valence-electron chi connectivity index (χ1n) is 11.0. The van der Waals surface area contributed by atoms with Crippen LogP contribution >= 0.6 is 0 Å². The molecule has 1 aliphatic heterocycles. The van der Waals surface area contributed by atoms with Gasteiger partial charge in [0, 0.05) is 43.6 Å². The number of hydrogen-bond acceptors (Lipinski definition) is 5. The first-order valence-corrected chi connectivity index (χ1v) is 11.0. The Morgan fingerprint density at radius 3 is 2.56 bits per heavy atom. The van der Waals surface area contributed by atoms with Crippen LogP contribution in [0.3, 0.4) is 0 Å². The highest BCUT2D eigenvalue weighted by Gasteiger charge is 2.46. The van der Waals surface area contributed by atoms with E-state index in [-0.39, 0.29) is 23.5 Å². The number of pyridine rings is 1. The summed E-state index contributed by atoms with van der Waals surface area (Å²) in [5.74, 6) is -5.44. The number of benzene rings is 1. The average molecular weight is 513 g/mol. The Hall–Kier alpha value is -3.57. The van der Waals surface area contributed by atoms with Crippen molar-refractivity contribution in [2.75, 3.05) is 25.5 Å². The molecule has 0 spiro atoms. The summed E-state index contributed by atoms with van der Waals surface area (Å²) in [7, 11) is 1.39. The number of halogens is 6. The van der Waals surface area contributed by atoms with Gasteiger partial charge in [-0.2, -0.15) is 13.2 Å². The lowest BCUT2D eigenvalue weighted by Gasteiger charge is -2.43. The first kappa shape index (κ1) is 27.0. The fraction of sp³-hybridized carbons (Fsp3) is 0.375. The number of likely N-dealkylation sites (tertiary alicyclic amines) is 1. The number of allylic oxidation sites excluding steroid dienone is 1. The standard InChI is InChI=1S/C24H25F6N5O/c1-14-9-23(26,27)13-35(19(14)12-34-20-8-7-15(10-33-20)24(28,29)30)22(36)21(31)17(11-32-2)16-5-3-4-6-18(16)25/h3-8,10-11,14,19H,9,12-13,31H2,1-2H3,(H,33,34)/t14-,19?/m1/s1. The minimum absolute atomic E-state index is 0.0191. The molecule has 2 aromatic rings. The van der Waals surface area contributed by atoms with Crippen LogP contribution in [0.25, 0.3) is 5.57 Å². The van der Waals surface area contributed by atoms with Crippen LogP contribution in [-0.2, 0) is 11.0 Å². The number of hydrogen-bond donors (Lipinski definition) is 2. The smallest absolute Gasteiger partial charge is 0.394 e. The molecule has 2 heterocycles. The van der Waals surface area contributed by atoms with Crippen LogP contribution in [0.1, 0.15) is 24.5 Å². The molecule has 36 heavy (non-hydrogen) atoms. The Bertz CT molecular complexity index is 1150. The van der Waals surface area contributed by atoms with E-state index in [0.717, 1.165) is 23.1 Å². The van der Waals surface area contributed by atoms with Crippen molar-refractivity contribution < 1.29 is 31.1 Å². The van der Waals surface area contributed by atoms with Gasteiger partial charge in [0.15, 0.2) is 0 Å². The van der Waals surface area contributed by atoms with E-state index in [4.69, 9.17) is 5.73 Å². The van der Waals surface area contributed by atoms with Crippen molar-refractivity contribution in [1.29, 1.82) is 0 Å². The topological polar surface area (TPSA) is 83.6 Å². The van der Waals surface area contributed by atoms with Crippen molar-refractivity contribution >= 4 is 23.5 Å². The van der Waals surface area contributed by atoms with E-state index in [9.17, 15) is 31.1 Å². The maximum atomic E-state index is 14.5. The second-order valence-electron chi connectivity index (χ2n) is 8.54. The molecule has 3 N–H and O–H groups in total. The quantitative estimate of drug-likeness (QED) is 0.336. The van der Waals surface area contributed by atoms with Crippen LogP contribution in [0.2, 0.25) is 0 Å². The number of piperidine rings is 1. The summed E-state index contributed by atoms with van der Waals surface area (Å²) in [5.41, 5.74) is 4.61. The maximum Gasteiger partial charge on any atom is 0.417 e. The van der Waals surface area contributed by atoms with E-state index in [1.165, 1.54) is 38.4 Å². The van der Waals surface area contributed by atoms with Crippen molar-refractivity contribution in [3.8, 4) is 0 Å². The average Bonchev–Trinajstić information content (AvgIpc) is 2.80. The number of nitrogens with zero attached hydrogens (tertiary/aromatic N) is 3. The molecule has 1 saturated heterocycles. The van der Waals surface area contributed by atoms with Crippen molar-refractivity contribution in [3.05, 3.63) is 65.2 Å². The third-order valence-corrected chi connectivity index (χ3v) is 5.87. The molecule has 194 valence electrons. The molecular weight excluding hydrogens is 488 g/mol. The Morgan fingerprint density at radius 1 is 1.28 bits per heavy atom. The molecule has 3 rings (SSSR count). The monoisotopic (exact) mass is 513 g/mol. The third-order valence-electron chi connectivity index (χ3n) is 5.87. The zero-order valence-electron chi connectivity index (χ0n) is 19.5. The molecule has 1 fully saturated rings. The highest BCUT2D eigenvalue weighted by molar-refractivity contribution is 6.18. The fourth-order valence-corrected chi connectivity index (χ4v) is 4.12.